The lowest BCUT2D eigenvalue weighted by Gasteiger charge is -2.11. The number of ketones is 1. The van der Waals surface area contributed by atoms with Crippen LogP contribution < -0.4 is 5.32 Å². The van der Waals surface area contributed by atoms with Gasteiger partial charge in [0.25, 0.3) is 0 Å². The minimum atomic E-state index is -0.680. The van der Waals surface area contributed by atoms with E-state index in [1.165, 1.54) is 31.4 Å². The first-order valence-electron chi connectivity index (χ1n) is 10.6. The maximum Gasteiger partial charge on any atom is 0.338 e. The molecule has 35 heavy (non-hydrogen) atoms. The van der Waals surface area contributed by atoms with Gasteiger partial charge in [0.15, 0.2) is 6.61 Å². The molecule has 3 aromatic rings. The Labute approximate surface area is 201 Å². The van der Waals surface area contributed by atoms with Crippen molar-refractivity contribution >= 4 is 29.3 Å². The number of methoxy groups -OCH3 is 1. The van der Waals surface area contributed by atoms with E-state index < -0.39 is 24.5 Å². The SMILES string of the molecule is COC(=O)c1ccc(-n2c(C)cc(C(=O)COC(=O)c3ccc(NC(=O)CC#N)cc3)c2C)cc1. The van der Waals surface area contributed by atoms with Crippen LogP contribution in [0.5, 0.6) is 0 Å². The van der Waals surface area contributed by atoms with Crippen LogP contribution in [0.25, 0.3) is 5.69 Å². The third-order valence-electron chi connectivity index (χ3n) is 5.26. The maximum absolute atomic E-state index is 12.8. The fourth-order valence-corrected chi connectivity index (χ4v) is 3.57. The van der Waals surface area contributed by atoms with Crippen molar-refractivity contribution in [1.82, 2.24) is 4.57 Å². The lowest BCUT2D eigenvalue weighted by Crippen LogP contribution is -2.15. The van der Waals surface area contributed by atoms with Crippen molar-refractivity contribution in [3.63, 3.8) is 0 Å². The van der Waals surface area contributed by atoms with Crippen LogP contribution in [0.4, 0.5) is 5.69 Å². The monoisotopic (exact) mass is 473 g/mol. The van der Waals surface area contributed by atoms with Crippen molar-refractivity contribution < 1.29 is 28.7 Å². The molecule has 0 bridgehead atoms. The fourth-order valence-electron chi connectivity index (χ4n) is 3.57. The van der Waals surface area contributed by atoms with E-state index in [9.17, 15) is 19.2 Å². The van der Waals surface area contributed by atoms with Gasteiger partial charge in [-0.2, -0.15) is 5.26 Å². The minimum Gasteiger partial charge on any atom is -0.465 e. The molecule has 9 heteroatoms. The van der Waals surface area contributed by atoms with Crippen LogP contribution in [0.2, 0.25) is 0 Å². The van der Waals surface area contributed by atoms with E-state index in [0.29, 0.717) is 22.5 Å². The summed E-state index contributed by atoms with van der Waals surface area (Å²) < 4.78 is 11.8. The first-order chi connectivity index (χ1) is 16.7. The largest absolute Gasteiger partial charge is 0.465 e. The molecule has 0 fully saturated rings. The molecule has 1 aromatic heterocycles. The number of carbonyl (C=O) groups is 4. The molecular weight excluding hydrogens is 450 g/mol. The molecule has 1 amide bonds. The smallest absolute Gasteiger partial charge is 0.338 e. The summed E-state index contributed by atoms with van der Waals surface area (Å²) in [5.41, 5.74) is 3.73. The number of aryl methyl sites for hydroxylation is 1. The summed E-state index contributed by atoms with van der Waals surface area (Å²) in [6, 6.07) is 16.2. The number of Topliss-reactive ketones (excluding diaryl/α,β-unsaturated/α-hetero) is 1. The van der Waals surface area contributed by atoms with E-state index in [-0.39, 0.29) is 17.8 Å². The van der Waals surface area contributed by atoms with E-state index in [0.717, 1.165) is 11.4 Å². The van der Waals surface area contributed by atoms with Crippen LogP contribution in [-0.2, 0) is 14.3 Å². The predicted octanol–water partition coefficient (Wildman–Crippen LogP) is 3.77. The highest BCUT2D eigenvalue weighted by Gasteiger charge is 2.19. The topological polar surface area (TPSA) is 127 Å². The van der Waals surface area contributed by atoms with Gasteiger partial charge in [-0.3, -0.25) is 9.59 Å². The summed E-state index contributed by atoms with van der Waals surface area (Å²) in [4.78, 5) is 48.3. The van der Waals surface area contributed by atoms with Crippen molar-refractivity contribution in [2.45, 2.75) is 20.3 Å². The van der Waals surface area contributed by atoms with E-state index in [1.807, 2.05) is 11.5 Å². The first kappa shape index (κ1) is 24.9. The van der Waals surface area contributed by atoms with Gasteiger partial charge in [0.2, 0.25) is 11.7 Å². The molecule has 0 atom stereocenters. The van der Waals surface area contributed by atoms with Crippen LogP contribution >= 0.6 is 0 Å². The molecule has 0 saturated heterocycles. The third-order valence-corrected chi connectivity index (χ3v) is 5.26. The summed E-state index contributed by atoms with van der Waals surface area (Å²) in [5.74, 6) is -1.93. The zero-order valence-electron chi connectivity index (χ0n) is 19.5. The Morgan fingerprint density at radius 1 is 0.943 bits per heavy atom. The van der Waals surface area contributed by atoms with Gasteiger partial charge in [-0.05, 0) is 68.4 Å². The van der Waals surface area contributed by atoms with Crippen LogP contribution in [0.15, 0.2) is 54.6 Å². The van der Waals surface area contributed by atoms with Gasteiger partial charge in [0, 0.05) is 28.3 Å². The highest BCUT2D eigenvalue weighted by Crippen LogP contribution is 2.22. The Balaban J connectivity index is 1.66. The van der Waals surface area contributed by atoms with Crippen molar-refractivity contribution in [2.75, 3.05) is 19.0 Å². The second-order valence-corrected chi connectivity index (χ2v) is 7.62. The standard InChI is InChI=1S/C26H23N3O6/c1-16-14-22(17(2)29(16)21-10-6-18(7-11-21)25(32)34-3)23(30)15-35-26(33)19-4-8-20(9-5-19)28-24(31)12-13-27/h4-11,14H,12,15H2,1-3H3,(H,28,31). The summed E-state index contributed by atoms with van der Waals surface area (Å²) in [5, 5.41) is 11.1. The molecule has 178 valence electrons. The summed E-state index contributed by atoms with van der Waals surface area (Å²) >= 11 is 0. The number of anilines is 1. The number of ether oxygens (including phenoxy) is 2. The van der Waals surface area contributed by atoms with E-state index in [1.54, 1.807) is 43.3 Å². The number of carbonyl (C=O) groups excluding carboxylic acids is 4. The molecule has 0 spiro atoms. The van der Waals surface area contributed by atoms with Gasteiger partial charge in [-0.25, -0.2) is 9.59 Å². The molecule has 0 unspecified atom stereocenters. The molecule has 2 aromatic carbocycles. The Morgan fingerprint density at radius 2 is 1.54 bits per heavy atom. The quantitative estimate of drug-likeness (QED) is 0.390. The van der Waals surface area contributed by atoms with Gasteiger partial charge in [-0.1, -0.05) is 0 Å². The Bertz CT molecular complexity index is 1310. The van der Waals surface area contributed by atoms with E-state index >= 15 is 0 Å². The summed E-state index contributed by atoms with van der Waals surface area (Å²) in [6.07, 6.45) is -0.272. The van der Waals surface area contributed by atoms with Gasteiger partial charge in [0.05, 0.1) is 24.3 Å². The average Bonchev–Trinajstić information content (AvgIpc) is 3.16. The number of esters is 2. The lowest BCUT2D eigenvalue weighted by molar-refractivity contribution is -0.115. The van der Waals surface area contributed by atoms with Crippen molar-refractivity contribution in [3.8, 4) is 11.8 Å². The van der Waals surface area contributed by atoms with Crippen LogP contribution in [0, 0.1) is 25.2 Å². The Kier molecular flexibility index (Phi) is 7.79. The lowest BCUT2D eigenvalue weighted by atomic mass is 10.1. The molecule has 1 heterocycles. The second-order valence-electron chi connectivity index (χ2n) is 7.62. The molecule has 3 rings (SSSR count). The van der Waals surface area contributed by atoms with Gasteiger partial charge >= 0.3 is 11.9 Å². The van der Waals surface area contributed by atoms with Crippen LogP contribution in [-0.4, -0.2) is 41.9 Å². The number of nitrogens with zero attached hydrogens (tertiary/aromatic N) is 2. The molecule has 0 radical (unpaired) electrons. The normalized spacial score (nSPS) is 10.2. The van der Waals surface area contributed by atoms with E-state index in [2.05, 4.69) is 5.32 Å². The molecule has 0 aliphatic carbocycles. The number of nitriles is 1. The van der Waals surface area contributed by atoms with Crippen molar-refractivity contribution in [3.05, 3.63) is 82.7 Å². The number of hydrogen-bond donors (Lipinski definition) is 1. The average molecular weight is 473 g/mol. The highest BCUT2D eigenvalue weighted by atomic mass is 16.5. The molecule has 0 aliphatic heterocycles. The van der Waals surface area contributed by atoms with E-state index in [4.69, 9.17) is 14.7 Å². The molecule has 9 nitrogen and oxygen atoms in total. The minimum absolute atomic E-state index is 0.215. The van der Waals surface area contributed by atoms with Gasteiger partial charge < -0.3 is 19.4 Å². The zero-order valence-corrected chi connectivity index (χ0v) is 19.5. The molecule has 0 saturated carbocycles. The van der Waals surface area contributed by atoms with Crippen LogP contribution in [0.3, 0.4) is 0 Å². The number of hydrogen-bond acceptors (Lipinski definition) is 7. The number of aromatic nitrogens is 1. The van der Waals surface area contributed by atoms with Crippen LogP contribution in [0.1, 0.15) is 48.9 Å². The number of nitrogens with one attached hydrogen (secondary N) is 1. The number of benzene rings is 2. The maximum atomic E-state index is 12.8. The molecular formula is C26H23N3O6. The fraction of sp³-hybridized carbons (Fsp3) is 0.192. The third kappa shape index (κ3) is 5.81. The number of amides is 1. The Hall–Kier alpha value is -4.71. The molecule has 0 aliphatic rings. The van der Waals surface area contributed by atoms with Crippen molar-refractivity contribution in [2.24, 2.45) is 0 Å². The Morgan fingerprint density at radius 3 is 2.14 bits per heavy atom. The highest BCUT2D eigenvalue weighted by molar-refractivity contribution is 6.01. The van der Waals surface area contributed by atoms with Gasteiger partial charge in [0.1, 0.15) is 6.42 Å². The predicted molar refractivity (Wildman–Crippen MR) is 126 cm³/mol. The first-order valence-corrected chi connectivity index (χ1v) is 10.6. The molecule has 1 N–H and O–H groups in total. The summed E-state index contributed by atoms with van der Waals surface area (Å²) in [7, 11) is 1.31. The number of rotatable bonds is 8. The summed E-state index contributed by atoms with van der Waals surface area (Å²) in [6.45, 7) is 3.20. The van der Waals surface area contributed by atoms with Crippen molar-refractivity contribution in [1.29, 1.82) is 5.26 Å². The van der Waals surface area contributed by atoms with Gasteiger partial charge in [-0.15, -0.1) is 0 Å². The zero-order chi connectivity index (χ0) is 25.5. The second kappa shape index (κ2) is 10.9.